The molecule has 2 aromatic rings. The lowest BCUT2D eigenvalue weighted by atomic mass is 10.0. The highest BCUT2D eigenvalue weighted by molar-refractivity contribution is 9.09. The second-order valence-corrected chi connectivity index (χ2v) is 5.97. The zero-order valence-corrected chi connectivity index (χ0v) is 13.8. The van der Waals surface area contributed by atoms with E-state index in [1.54, 1.807) is 0 Å². The normalized spacial score (nSPS) is 11.5. The monoisotopic (exact) mass is 383 g/mol. The van der Waals surface area contributed by atoms with Crippen LogP contribution in [0, 0.1) is 0 Å². The summed E-state index contributed by atoms with van der Waals surface area (Å²) in [6, 6.07) is 13.8. The summed E-state index contributed by atoms with van der Waals surface area (Å²) in [6.45, 7) is 2.00. The Hall–Kier alpha value is -0.870. The van der Waals surface area contributed by atoms with Gasteiger partial charge in [-0.1, -0.05) is 62.2 Å². The number of amides is 1. The average molecular weight is 385 g/mol. The molecule has 0 aliphatic rings. The van der Waals surface area contributed by atoms with Crippen molar-refractivity contribution in [2.75, 3.05) is 10.7 Å². The Morgan fingerprint density at radius 3 is 2.37 bits per heavy atom. The van der Waals surface area contributed by atoms with E-state index in [0.717, 1.165) is 10.8 Å². The first-order valence-corrected chi connectivity index (χ1v) is 8.25. The van der Waals surface area contributed by atoms with E-state index >= 15 is 0 Å². The molecule has 0 fully saturated rings. The van der Waals surface area contributed by atoms with Crippen molar-refractivity contribution < 1.29 is 4.79 Å². The molecule has 1 N–H and O–H groups in total. The molecule has 0 radical (unpaired) electrons. The first kappa shape index (κ1) is 14.5. The van der Waals surface area contributed by atoms with Gasteiger partial charge in [-0.15, -0.1) is 0 Å². The number of carbonyl (C=O) groups is 1. The van der Waals surface area contributed by atoms with E-state index in [9.17, 15) is 4.79 Å². The van der Waals surface area contributed by atoms with Crippen molar-refractivity contribution in [1.29, 1.82) is 0 Å². The minimum absolute atomic E-state index is 0.0489. The highest BCUT2D eigenvalue weighted by Crippen LogP contribution is 2.17. The number of halogens is 2. The van der Waals surface area contributed by atoms with Crippen molar-refractivity contribution in [2.45, 2.75) is 12.5 Å². The molecule has 2 rings (SSSR count). The van der Waals surface area contributed by atoms with Crippen LogP contribution in [0.15, 0.2) is 42.5 Å². The van der Waals surface area contributed by atoms with Gasteiger partial charge in [0.05, 0.1) is 5.54 Å². The Morgan fingerprint density at radius 2 is 1.74 bits per heavy atom. The van der Waals surface area contributed by atoms with Crippen LogP contribution in [0.3, 0.4) is 0 Å². The van der Waals surface area contributed by atoms with E-state index < -0.39 is 0 Å². The molecule has 0 aliphatic carbocycles. The maximum atomic E-state index is 12.3. The molecule has 0 saturated carbocycles. The molecule has 2 nitrogen and oxygen atoms in total. The van der Waals surface area contributed by atoms with Crippen molar-refractivity contribution >= 4 is 48.5 Å². The maximum absolute atomic E-state index is 12.3. The summed E-state index contributed by atoms with van der Waals surface area (Å²) >= 11 is 6.86. The van der Waals surface area contributed by atoms with Crippen molar-refractivity contribution in [3.8, 4) is 0 Å². The molecule has 2 aromatic carbocycles. The first-order valence-electron chi connectivity index (χ1n) is 6.01. The van der Waals surface area contributed by atoms with Crippen molar-refractivity contribution in [2.24, 2.45) is 0 Å². The number of fused-ring (bicyclic) bond motifs is 1. The van der Waals surface area contributed by atoms with Crippen LogP contribution in [-0.2, 0) is 0 Å². The van der Waals surface area contributed by atoms with Crippen LogP contribution in [0.1, 0.15) is 17.3 Å². The summed E-state index contributed by atoms with van der Waals surface area (Å²) in [6.07, 6.45) is 0. The average Bonchev–Trinajstić information content (AvgIpc) is 2.46. The van der Waals surface area contributed by atoms with E-state index in [2.05, 4.69) is 37.2 Å². The summed E-state index contributed by atoms with van der Waals surface area (Å²) in [5.41, 5.74) is 0.398. The fourth-order valence-electron chi connectivity index (χ4n) is 1.78. The zero-order valence-electron chi connectivity index (χ0n) is 10.6. The van der Waals surface area contributed by atoms with Crippen LogP contribution >= 0.6 is 31.9 Å². The number of rotatable bonds is 4. The third kappa shape index (κ3) is 3.37. The van der Waals surface area contributed by atoms with Gasteiger partial charge in [-0.2, -0.15) is 0 Å². The fourth-order valence-corrected chi connectivity index (χ4v) is 2.99. The van der Waals surface area contributed by atoms with Gasteiger partial charge in [0, 0.05) is 16.2 Å². The molecule has 0 unspecified atom stereocenters. The SMILES string of the molecule is CC(CBr)(CBr)NC(=O)c1ccc2ccccc2c1. The number of nitrogens with one attached hydrogen (secondary N) is 1. The standard InChI is InChI=1S/C15H15Br2NO/c1-15(9-16,10-17)18-14(19)13-7-6-11-4-2-3-5-12(11)8-13/h2-8H,9-10H2,1H3,(H,18,19). The molecule has 0 atom stereocenters. The van der Waals surface area contributed by atoms with Crippen molar-refractivity contribution in [1.82, 2.24) is 5.32 Å². The lowest BCUT2D eigenvalue weighted by molar-refractivity contribution is 0.0923. The van der Waals surface area contributed by atoms with E-state index in [1.807, 2.05) is 49.4 Å². The largest absolute Gasteiger partial charge is 0.345 e. The lowest BCUT2D eigenvalue weighted by Gasteiger charge is -2.26. The molecule has 0 aromatic heterocycles. The number of carbonyl (C=O) groups excluding carboxylic acids is 1. The molecular weight excluding hydrogens is 370 g/mol. The fraction of sp³-hybridized carbons (Fsp3) is 0.267. The van der Waals surface area contributed by atoms with E-state index in [4.69, 9.17) is 0 Å². The number of hydrogen-bond acceptors (Lipinski definition) is 1. The van der Waals surface area contributed by atoms with Gasteiger partial charge >= 0.3 is 0 Å². The molecule has 0 aliphatic heterocycles. The van der Waals surface area contributed by atoms with Gasteiger partial charge in [-0.05, 0) is 29.8 Å². The van der Waals surface area contributed by atoms with E-state index in [0.29, 0.717) is 16.2 Å². The van der Waals surface area contributed by atoms with Gasteiger partial charge < -0.3 is 5.32 Å². The Labute approximate surface area is 129 Å². The van der Waals surface area contributed by atoms with Crippen LogP contribution in [0.2, 0.25) is 0 Å². The molecule has 0 saturated heterocycles. The first-order chi connectivity index (χ1) is 9.08. The number of hydrogen-bond donors (Lipinski definition) is 1. The molecule has 0 heterocycles. The van der Waals surface area contributed by atoms with E-state index in [-0.39, 0.29) is 11.4 Å². The number of benzene rings is 2. The van der Waals surface area contributed by atoms with E-state index in [1.165, 1.54) is 0 Å². The third-order valence-corrected chi connectivity index (χ3v) is 5.49. The van der Waals surface area contributed by atoms with Gasteiger partial charge in [0.1, 0.15) is 0 Å². The molecular formula is C15H15Br2NO. The summed E-state index contributed by atoms with van der Waals surface area (Å²) < 4.78 is 0. The van der Waals surface area contributed by atoms with Crippen molar-refractivity contribution in [3.05, 3.63) is 48.0 Å². The molecule has 4 heteroatoms. The maximum Gasteiger partial charge on any atom is 0.251 e. The van der Waals surface area contributed by atoms with Crippen LogP contribution in [0.4, 0.5) is 0 Å². The predicted molar refractivity (Wildman–Crippen MR) is 87.4 cm³/mol. The highest BCUT2D eigenvalue weighted by atomic mass is 79.9. The van der Waals surface area contributed by atoms with Crippen molar-refractivity contribution in [3.63, 3.8) is 0 Å². The summed E-state index contributed by atoms with van der Waals surface area (Å²) in [4.78, 5) is 12.3. The Balaban J connectivity index is 2.26. The van der Waals surface area contributed by atoms with Crippen LogP contribution < -0.4 is 5.32 Å². The summed E-state index contributed by atoms with van der Waals surface area (Å²) in [5.74, 6) is -0.0489. The third-order valence-electron chi connectivity index (χ3n) is 3.02. The van der Waals surface area contributed by atoms with Gasteiger partial charge in [0.15, 0.2) is 0 Å². The molecule has 19 heavy (non-hydrogen) atoms. The Bertz CT molecular complexity index is 593. The van der Waals surface area contributed by atoms with Gasteiger partial charge in [-0.3, -0.25) is 4.79 Å². The topological polar surface area (TPSA) is 29.1 Å². The Morgan fingerprint density at radius 1 is 1.11 bits per heavy atom. The van der Waals surface area contributed by atoms with Gasteiger partial charge in [0.25, 0.3) is 5.91 Å². The van der Waals surface area contributed by atoms with Crippen LogP contribution in [-0.4, -0.2) is 22.1 Å². The highest BCUT2D eigenvalue weighted by Gasteiger charge is 2.24. The summed E-state index contributed by atoms with van der Waals surface area (Å²) in [5, 5.41) is 6.66. The second kappa shape index (κ2) is 6.06. The Kier molecular flexibility index (Phi) is 4.63. The van der Waals surface area contributed by atoms with Crippen LogP contribution in [0.5, 0.6) is 0 Å². The van der Waals surface area contributed by atoms with Crippen LogP contribution in [0.25, 0.3) is 10.8 Å². The molecule has 0 spiro atoms. The minimum Gasteiger partial charge on any atom is -0.345 e. The van der Waals surface area contributed by atoms with Gasteiger partial charge in [-0.25, -0.2) is 0 Å². The molecule has 100 valence electrons. The zero-order chi connectivity index (χ0) is 13.9. The molecule has 1 amide bonds. The number of alkyl halides is 2. The lowest BCUT2D eigenvalue weighted by Crippen LogP contribution is -2.48. The minimum atomic E-state index is -0.289. The molecule has 0 bridgehead atoms. The quantitative estimate of drug-likeness (QED) is 0.789. The second-order valence-electron chi connectivity index (χ2n) is 4.84. The predicted octanol–water partition coefficient (Wildman–Crippen LogP) is 4.12. The smallest absolute Gasteiger partial charge is 0.251 e. The summed E-state index contributed by atoms with van der Waals surface area (Å²) in [7, 11) is 0. The van der Waals surface area contributed by atoms with Gasteiger partial charge in [0.2, 0.25) is 0 Å².